The molecule has 2 aromatic rings. The van der Waals surface area contributed by atoms with Crippen LogP contribution in [0.4, 0.5) is 4.79 Å². The third-order valence-corrected chi connectivity index (χ3v) is 2.42. The molecular weight excluding hydrogens is 280 g/mol. The largest absolute Gasteiger partial charge is 0.459 e. The normalized spacial score (nSPS) is 10.3. The second-order valence-electron chi connectivity index (χ2n) is 4.11. The highest BCUT2D eigenvalue weighted by atomic mass is 16.4. The first kappa shape index (κ1) is 14.6. The molecule has 0 spiro atoms. The van der Waals surface area contributed by atoms with E-state index in [0.717, 1.165) is 11.1 Å². The number of imide groups is 1. The van der Waals surface area contributed by atoms with Crippen LogP contribution in [0.15, 0.2) is 32.0 Å². The van der Waals surface area contributed by atoms with E-state index in [1.807, 2.05) is 6.92 Å². The van der Waals surface area contributed by atoms with Crippen molar-refractivity contribution < 1.29 is 18.4 Å². The number of urea groups is 1. The summed E-state index contributed by atoms with van der Waals surface area (Å²) in [6.07, 6.45) is 2.15. The molecule has 0 atom stereocenters. The van der Waals surface area contributed by atoms with Gasteiger partial charge in [0.1, 0.15) is 6.54 Å². The average Bonchev–Trinajstić information content (AvgIpc) is 3.07. The smallest absolute Gasteiger partial charge is 0.437 e. The van der Waals surface area contributed by atoms with E-state index in [0.29, 0.717) is 6.54 Å². The molecule has 0 aliphatic carbocycles. The Balaban J connectivity index is 1.98. The molecule has 9 nitrogen and oxygen atoms in total. The van der Waals surface area contributed by atoms with E-state index < -0.39 is 24.2 Å². The Morgan fingerprint density at radius 2 is 2.24 bits per heavy atom. The van der Waals surface area contributed by atoms with Gasteiger partial charge in [0, 0.05) is 6.54 Å². The summed E-state index contributed by atoms with van der Waals surface area (Å²) in [5.74, 6) is -1.25. The molecule has 3 amide bonds. The molecule has 0 aliphatic heterocycles. The number of aromatic nitrogens is 2. The quantitative estimate of drug-likeness (QED) is 0.820. The molecule has 0 unspecified atom stereocenters. The van der Waals surface area contributed by atoms with Crippen molar-refractivity contribution in [3.8, 4) is 11.7 Å². The van der Waals surface area contributed by atoms with Gasteiger partial charge in [0.25, 0.3) is 5.89 Å². The molecule has 2 rings (SSSR count). The monoisotopic (exact) mass is 294 g/mol. The number of furan rings is 1. The molecule has 0 aliphatic rings. The molecule has 0 fully saturated rings. The van der Waals surface area contributed by atoms with Crippen LogP contribution in [0.1, 0.15) is 13.3 Å². The Labute approximate surface area is 118 Å². The zero-order valence-electron chi connectivity index (χ0n) is 11.3. The van der Waals surface area contributed by atoms with E-state index in [9.17, 15) is 14.4 Å². The van der Waals surface area contributed by atoms with Gasteiger partial charge in [-0.15, -0.1) is 5.10 Å². The lowest BCUT2D eigenvalue weighted by Gasteiger charge is -2.04. The molecule has 9 heteroatoms. The van der Waals surface area contributed by atoms with E-state index >= 15 is 0 Å². The summed E-state index contributed by atoms with van der Waals surface area (Å²) in [5, 5.41) is 8.37. The molecule has 0 aromatic carbocycles. The van der Waals surface area contributed by atoms with Crippen molar-refractivity contribution in [2.24, 2.45) is 0 Å². The number of carbonyl (C=O) groups excluding carboxylic acids is 2. The zero-order valence-corrected chi connectivity index (χ0v) is 11.3. The minimum atomic E-state index is -0.814. The van der Waals surface area contributed by atoms with Gasteiger partial charge < -0.3 is 14.2 Å². The van der Waals surface area contributed by atoms with Gasteiger partial charge in [-0.3, -0.25) is 10.1 Å². The van der Waals surface area contributed by atoms with Crippen LogP contribution >= 0.6 is 0 Å². The zero-order chi connectivity index (χ0) is 15.2. The molecule has 2 heterocycles. The van der Waals surface area contributed by atoms with Crippen molar-refractivity contribution in [2.75, 3.05) is 6.54 Å². The molecule has 0 radical (unpaired) electrons. The molecule has 112 valence electrons. The molecule has 0 saturated heterocycles. The van der Waals surface area contributed by atoms with E-state index in [-0.39, 0.29) is 11.7 Å². The van der Waals surface area contributed by atoms with E-state index in [2.05, 4.69) is 15.7 Å². The Morgan fingerprint density at radius 3 is 2.90 bits per heavy atom. The van der Waals surface area contributed by atoms with Gasteiger partial charge >= 0.3 is 11.8 Å². The first-order chi connectivity index (χ1) is 10.1. The fourth-order valence-corrected chi connectivity index (χ4v) is 1.49. The van der Waals surface area contributed by atoms with E-state index in [1.54, 1.807) is 12.1 Å². The fourth-order valence-electron chi connectivity index (χ4n) is 1.49. The lowest BCUT2D eigenvalue weighted by molar-refractivity contribution is -0.120. The lowest BCUT2D eigenvalue weighted by atomic mass is 10.5. The molecule has 0 bridgehead atoms. The summed E-state index contributed by atoms with van der Waals surface area (Å²) in [6, 6.07) is 2.55. The highest BCUT2D eigenvalue weighted by Gasteiger charge is 2.15. The van der Waals surface area contributed by atoms with Crippen molar-refractivity contribution >= 4 is 11.9 Å². The van der Waals surface area contributed by atoms with Gasteiger partial charge in [-0.25, -0.2) is 9.59 Å². The molecule has 2 N–H and O–H groups in total. The van der Waals surface area contributed by atoms with Crippen LogP contribution < -0.4 is 16.4 Å². The summed E-state index contributed by atoms with van der Waals surface area (Å²) in [4.78, 5) is 34.4. The predicted molar refractivity (Wildman–Crippen MR) is 70.3 cm³/mol. The second-order valence-corrected chi connectivity index (χ2v) is 4.11. The van der Waals surface area contributed by atoms with Crippen LogP contribution in [-0.4, -0.2) is 28.3 Å². The summed E-state index contributed by atoms with van der Waals surface area (Å²) >= 11 is 0. The topological polar surface area (TPSA) is 119 Å². The van der Waals surface area contributed by atoms with Crippen LogP contribution in [0, 0.1) is 0 Å². The first-order valence-electron chi connectivity index (χ1n) is 6.29. The number of amides is 3. The Bertz CT molecular complexity index is 670. The summed E-state index contributed by atoms with van der Waals surface area (Å²) in [5.41, 5.74) is 0. The molecule has 0 saturated carbocycles. The maximum atomic E-state index is 11.6. The van der Waals surface area contributed by atoms with Crippen LogP contribution in [0.25, 0.3) is 11.7 Å². The molecule has 2 aromatic heterocycles. The summed E-state index contributed by atoms with van der Waals surface area (Å²) in [7, 11) is 0. The van der Waals surface area contributed by atoms with Gasteiger partial charge in [0.05, 0.1) is 6.26 Å². The minimum Gasteiger partial charge on any atom is -0.459 e. The van der Waals surface area contributed by atoms with Crippen molar-refractivity contribution in [1.29, 1.82) is 0 Å². The second kappa shape index (κ2) is 6.55. The van der Waals surface area contributed by atoms with Crippen molar-refractivity contribution in [3.05, 3.63) is 28.9 Å². The van der Waals surface area contributed by atoms with Crippen LogP contribution in [0.3, 0.4) is 0 Å². The number of hydrogen-bond donors (Lipinski definition) is 2. The number of rotatable bonds is 5. The Morgan fingerprint density at radius 1 is 1.43 bits per heavy atom. The third-order valence-electron chi connectivity index (χ3n) is 2.42. The summed E-state index contributed by atoms with van der Waals surface area (Å²) in [6.45, 7) is 1.90. The fraction of sp³-hybridized carbons (Fsp3) is 0.333. The number of carbonyl (C=O) groups is 2. The summed E-state index contributed by atoms with van der Waals surface area (Å²) < 4.78 is 10.7. The number of hydrogen-bond acceptors (Lipinski definition) is 6. The van der Waals surface area contributed by atoms with Crippen LogP contribution in [0.5, 0.6) is 0 Å². The predicted octanol–water partition coefficient (Wildman–Crippen LogP) is 0.332. The highest BCUT2D eigenvalue weighted by molar-refractivity contribution is 5.94. The molecular formula is C12H14N4O5. The lowest BCUT2D eigenvalue weighted by Crippen LogP contribution is -2.42. The minimum absolute atomic E-state index is 0.0340. The van der Waals surface area contributed by atoms with Gasteiger partial charge in [0.15, 0.2) is 5.76 Å². The van der Waals surface area contributed by atoms with Crippen molar-refractivity contribution in [2.45, 2.75) is 19.9 Å². The van der Waals surface area contributed by atoms with Crippen molar-refractivity contribution in [1.82, 2.24) is 20.4 Å². The van der Waals surface area contributed by atoms with Crippen LogP contribution in [-0.2, 0) is 11.3 Å². The average molecular weight is 294 g/mol. The van der Waals surface area contributed by atoms with E-state index in [4.69, 9.17) is 8.83 Å². The van der Waals surface area contributed by atoms with Gasteiger partial charge in [-0.2, -0.15) is 4.68 Å². The van der Waals surface area contributed by atoms with Gasteiger partial charge in [-0.05, 0) is 18.6 Å². The van der Waals surface area contributed by atoms with Crippen LogP contribution in [0.2, 0.25) is 0 Å². The Hall–Kier alpha value is -2.84. The van der Waals surface area contributed by atoms with Gasteiger partial charge in [0.2, 0.25) is 5.91 Å². The van der Waals surface area contributed by atoms with Crippen molar-refractivity contribution in [3.63, 3.8) is 0 Å². The van der Waals surface area contributed by atoms with Gasteiger partial charge in [-0.1, -0.05) is 6.92 Å². The number of nitrogens with one attached hydrogen (secondary N) is 2. The SMILES string of the molecule is CCCNC(=O)NC(=O)Cn1nc(-c2ccco2)oc1=O. The van der Waals surface area contributed by atoms with E-state index in [1.165, 1.54) is 6.26 Å². The number of nitrogens with zero attached hydrogens (tertiary/aromatic N) is 2. The first-order valence-corrected chi connectivity index (χ1v) is 6.29. The Kier molecular flexibility index (Phi) is 4.54. The third kappa shape index (κ3) is 3.81. The maximum absolute atomic E-state index is 11.6. The maximum Gasteiger partial charge on any atom is 0.437 e. The highest BCUT2D eigenvalue weighted by Crippen LogP contribution is 2.14. The molecule has 21 heavy (non-hydrogen) atoms. The standard InChI is InChI=1S/C12H14N4O5/c1-2-5-13-11(18)14-9(17)7-16-12(19)21-10(15-16)8-4-3-6-20-8/h3-4,6H,2,5,7H2,1H3,(H2,13,14,17,18).